The van der Waals surface area contributed by atoms with Crippen LogP contribution in [0.15, 0.2) is 10.7 Å². The highest BCUT2D eigenvalue weighted by Gasteiger charge is 2.37. The van der Waals surface area contributed by atoms with Gasteiger partial charge >= 0.3 is 11.9 Å². The van der Waals surface area contributed by atoms with Crippen molar-refractivity contribution in [3.8, 4) is 0 Å². The lowest BCUT2D eigenvalue weighted by atomic mass is 10.0. The first kappa shape index (κ1) is 14.0. The van der Waals surface area contributed by atoms with Crippen molar-refractivity contribution in [2.75, 3.05) is 0 Å². The minimum atomic E-state index is -2.07. The molecule has 0 aliphatic heterocycles. The lowest BCUT2D eigenvalue weighted by Gasteiger charge is -2.09. The second-order valence-electron chi connectivity index (χ2n) is 3.33. The SMILES string of the molecule is Cc1c(Br)cnc(C(C(=O)O)C(=O)O)c1[N+](=O)[O-]. The van der Waals surface area contributed by atoms with Crippen LogP contribution in [0.1, 0.15) is 17.2 Å². The van der Waals surface area contributed by atoms with Gasteiger partial charge in [0.15, 0.2) is 0 Å². The van der Waals surface area contributed by atoms with Gasteiger partial charge < -0.3 is 10.2 Å². The van der Waals surface area contributed by atoms with Gasteiger partial charge in [-0.2, -0.15) is 0 Å². The molecule has 0 unspecified atom stereocenters. The van der Waals surface area contributed by atoms with Crippen LogP contribution in [-0.2, 0) is 9.59 Å². The average molecular weight is 319 g/mol. The highest BCUT2D eigenvalue weighted by Crippen LogP contribution is 2.32. The maximum Gasteiger partial charge on any atom is 0.324 e. The quantitative estimate of drug-likeness (QED) is 0.486. The zero-order valence-electron chi connectivity index (χ0n) is 8.95. The van der Waals surface area contributed by atoms with Gasteiger partial charge in [-0.05, 0) is 22.9 Å². The van der Waals surface area contributed by atoms with E-state index in [0.717, 1.165) is 6.20 Å². The van der Waals surface area contributed by atoms with Crippen LogP contribution in [-0.4, -0.2) is 32.1 Å². The largest absolute Gasteiger partial charge is 0.480 e. The first-order valence-electron chi connectivity index (χ1n) is 4.52. The fraction of sp³-hybridized carbons (Fsp3) is 0.222. The fourth-order valence-corrected chi connectivity index (χ4v) is 1.66. The summed E-state index contributed by atoms with van der Waals surface area (Å²) in [5.74, 6) is -5.49. The third-order valence-electron chi connectivity index (χ3n) is 2.22. The van der Waals surface area contributed by atoms with Crippen molar-refractivity contribution < 1.29 is 24.7 Å². The molecule has 0 radical (unpaired) electrons. The molecule has 1 heterocycles. The Morgan fingerprint density at radius 2 is 1.94 bits per heavy atom. The molecule has 9 heteroatoms. The smallest absolute Gasteiger partial charge is 0.324 e. The standard InChI is InChI=1S/C9H7BrN2O6/c1-3-4(10)2-11-6(7(3)12(17)18)5(8(13)14)9(15)16/h2,5H,1H3,(H,13,14)(H,15,16). The third-order valence-corrected chi connectivity index (χ3v) is 3.02. The molecule has 0 aliphatic rings. The number of aromatic nitrogens is 1. The molecule has 0 atom stereocenters. The molecule has 18 heavy (non-hydrogen) atoms. The summed E-state index contributed by atoms with van der Waals surface area (Å²) in [6.07, 6.45) is 1.14. The van der Waals surface area contributed by atoms with Gasteiger partial charge in [0.1, 0.15) is 5.69 Å². The summed E-state index contributed by atoms with van der Waals surface area (Å²) in [5.41, 5.74) is -1.09. The predicted molar refractivity (Wildman–Crippen MR) is 61.3 cm³/mol. The maximum absolute atomic E-state index is 10.9. The molecule has 0 aromatic carbocycles. The van der Waals surface area contributed by atoms with Gasteiger partial charge in [-0.25, -0.2) is 0 Å². The van der Waals surface area contributed by atoms with E-state index in [-0.39, 0.29) is 5.56 Å². The van der Waals surface area contributed by atoms with Gasteiger partial charge in [0, 0.05) is 16.2 Å². The summed E-state index contributed by atoms with van der Waals surface area (Å²) in [7, 11) is 0. The number of pyridine rings is 1. The first-order valence-corrected chi connectivity index (χ1v) is 5.31. The monoisotopic (exact) mass is 318 g/mol. The summed E-state index contributed by atoms with van der Waals surface area (Å²) in [6, 6.07) is 0. The molecule has 1 aromatic rings. The van der Waals surface area contributed by atoms with Crippen molar-refractivity contribution >= 4 is 33.6 Å². The number of halogens is 1. The van der Waals surface area contributed by atoms with Crippen molar-refractivity contribution in [3.63, 3.8) is 0 Å². The lowest BCUT2D eigenvalue weighted by molar-refractivity contribution is -0.386. The Hall–Kier alpha value is -2.03. The fourth-order valence-electron chi connectivity index (χ4n) is 1.37. The van der Waals surface area contributed by atoms with Crippen molar-refractivity contribution in [2.24, 2.45) is 0 Å². The summed E-state index contributed by atoms with van der Waals surface area (Å²) >= 11 is 3.01. The molecule has 2 N–H and O–H groups in total. The Bertz CT molecular complexity index is 530. The minimum absolute atomic E-state index is 0.123. The number of nitro groups is 1. The Balaban J connectivity index is 3.58. The molecule has 0 aliphatic carbocycles. The van der Waals surface area contributed by atoms with E-state index in [2.05, 4.69) is 20.9 Å². The van der Waals surface area contributed by atoms with Gasteiger partial charge in [0.25, 0.3) is 5.69 Å². The molecule has 0 saturated carbocycles. The van der Waals surface area contributed by atoms with E-state index in [4.69, 9.17) is 10.2 Å². The lowest BCUT2D eigenvalue weighted by Crippen LogP contribution is -2.23. The molecule has 1 rings (SSSR count). The van der Waals surface area contributed by atoms with Crippen LogP contribution in [0.3, 0.4) is 0 Å². The zero-order chi connectivity index (χ0) is 14.0. The van der Waals surface area contributed by atoms with Crippen molar-refractivity contribution in [3.05, 3.63) is 32.0 Å². The van der Waals surface area contributed by atoms with E-state index < -0.39 is 34.2 Å². The van der Waals surface area contributed by atoms with Crippen LogP contribution in [0.5, 0.6) is 0 Å². The third kappa shape index (κ3) is 2.45. The summed E-state index contributed by atoms with van der Waals surface area (Å²) in [5, 5.41) is 28.5. The molecule has 0 saturated heterocycles. The number of hydrogen-bond acceptors (Lipinski definition) is 5. The van der Waals surface area contributed by atoms with Gasteiger partial charge in [-0.1, -0.05) is 0 Å². The highest BCUT2D eigenvalue weighted by molar-refractivity contribution is 9.10. The van der Waals surface area contributed by atoms with E-state index >= 15 is 0 Å². The van der Waals surface area contributed by atoms with E-state index in [1.54, 1.807) is 0 Å². The first-order chi connectivity index (χ1) is 8.27. The molecular formula is C9H7BrN2O6. The second kappa shape index (κ2) is 5.08. The molecule has 0 amide bonds. The van der Waals surface area contributed by atoms with Crippen LogP contribution < -0.4 is 0 Å². The normalized spacial score (nSPS) is 10.4. The number of carbonyl (C=O) groups is 2. The molecule has 0 fully saturated rings. The van der Waals surface area contributed by atoms with Crippen LogP contribution in [0, 0.1) is 17.0 Å². The van der Waals surface area contributed by atoms with E-state index in [9.17, 15) is 19.7 Å². The van der Waals surface area contributed by atoms with Gasteiger partial charge in [0.05, 0.1) is 4.92 Å². The van der Waals surface area contributed by atoms with Crippen molar-refractivity contribution in [1.29, 1.82) is 0 Å². The Morgan fingerprint density at radius 3 is 2.33 bits per heavy atom. The van der Waals surface area contributed by atoms with Crippen molar-refractivity contribution in [2.45, 2.75) is 12.8 Å². The topological polar surface area (TPSA) is 131 Å². The van der Waals surface area contributed by atoms with Gasteiger partial charge in [-0.15, -0.1) is 0 Å². The van der Waals surface area contributed by atoms with Crippen LogP contribution in [0.2, 0.25) is 0 Å². The molecule has 8 nitrogen and oxygen atoms in total. The molecule has 0 bridgehead atoms. The highest BCUT2D eigenvalue weighted by atomic mass is 79.9. The number of hydrogen-bond donors (Lipinski definition) is 2. The maximum atomic E-state index is 10.9. The number of nitrogens with zero attached hydrogens (tertiary/aromatic N) is 2. The Morgan fingerprint density at radius 1 is 1.44 bits per heavy atom. The second-order valence-corrected chi connectivity index (χ2v) is 4.19. The minimum Gasteiger partial charge on any atom is -0.480 e. The van der Waals surface area contributed by atoms with Gasteiger partial charge in [-0.3, -0.25) is 24.7 Å². The van der Waals surface area contributed by atoms with E-state index in [1.807, 2.05) is 0 Å². The Labute approximate surface area is 109 Å². The molecule has 0 spiro atoms. The van der Waals surface area contributed by atoms with Crippen LogP contribution in [0.25, 0.3) is 0 Å². The molecule has 1 aromatic heterocycles. The number of carboxylic acids is 2. The van der Waals surface area contributed by atoms with Gasteiger partial charge in [0.2, 0.25) is 5.92 Å². The summed E-state index contributed by atoms with van der Waals surface area (Å²) in [6.45, 7) is 1.37. The van der Waals surface area contributed by atoms with E-state index in [1.165, 1.54) is 6.92 Å². The van der Waals surface area contributed by atoms with Crippen molar-refractivity contribution in [1.82, 2.24) is 4.98 Å². The zero-order valence-corrected chi connectivity index (χ0v) is 10.5. The van der Waals surface area contributed by atoms with E-state index in [0.29, 0.717) is 4.47 Å². The number of carboxylic acid groups (broad SMARTS) is 2. The molecule has 96 valence electrons. The summed E-state index contributed by atoms with van der Waals surface area (Å²) < 4.78 is 0.299. The van der Waals surface area contributed by atoms with Crippen LogP contribution in [0.4, 0.5) is 5.69 Å². The Kier molecular flexibility index (Phi) is 3.96. The number of rotatable bonds is 4. The van der Waals surface area contributed by atoms with Crippen LogP contribution >= 0.6 is 15.9 Å². The number of aliphatic carboxylic acids is 2. The summed E-state index contributed by atoms with van der Waals surface area (Å²) in [4.78, 5) is 35.3. The average Bonchev–Trinajstić information content (AvgIpc) is 2.21. The predicted octanol–water partition coefficient (Wildman–Crippen LogP) is 1.31. The molecular weight excluding hydrogens is 312 g/mol.